The van der Waals surface area contributed by atoms with Crippen LogP contribution in [0.4, 0.5) is 24.8 Å². The number of aromatic amines is 1. The molecule has 2 aliphatic heterocycles. The molecule has 2 aliphatic rings. The number of hydrogen-bond acceptors (Lipinski definition) is 7. The van der Waals surface area contributed by atoms with Crippen LogP contribution in [0.25, 0.3) is 11.0 Å². The molecule has 0 bridgehead atoms. The molecule has 0 radical (unpaired) electrons. The Morgan fingerprint density at radius 3 is 2.41 bits per heavy atom. The number of halogens is 3. The zero-order valence-corrected chi connectivity index (χ0v) is 17.8. The molecular formula is C20H23F3N8O. The van der Waals surface area contributed by atoms with Crippen molar-refractivity contribution in [3.05, 3.63) is 34.3 Å². The second kappa shape index (κ2) is 7.17. The third-order valence-corrected chi connectivity index (χ3v) is 6.76. The average Bonchev–Trinajstić information content (AvgIpc) is 3.38. The van der Waals surface area contributed by atoms with Gasteiger partial charge in [0.1, 0.15) is 5.39 Å². The molecule has 3 aromatic heterocycles. The van der Waals surface area contributed by atoms with E-state index in [1.807, 2.05) is 0 Å². The van der Waals surface area contributed by atoms with Gasteiger partial charge in [-0.3, -0.25) is 14.5 Å². The van der Waals surface area contributed by atoms with Crippen LogP contribution in [0.15, 0.2) is 17.2 Å². The third kappa shape index (κ3) is 3.37. The van der Waals surface area contributed by atoms with Gasteiger partial charge in [-0.25, -0.2) is 9.97 Å². The second-order valence-electron chi connectivity index (χ2n) is 8.73. The van der Waals surface area contributed by atoms with Gasteiger partial charge in [-0.1, -0.05) is 0 Å². The second-order valence-corrected chi connectivity index (χ2v) is 8.73. The van der Waals surface area contributed by atoms with E-state index < -0.39 is 12.0 Å². The number of rotatable bonds is 2. The number of nitrogens with one attached hydrogen (secondary N) is 1. The fourth-order valence-electron chi connectivity index (χ4n) is 4.89. The maximum Gasteiger partial charge on any atom is 0.451 e. The Bertz CT molecular complexity index is 1230. The molecule has 0 amide bonds. The van der Waals surface area contributed by atoms with E-state index in [1.165, 1.54) is 12.4 Å². The highest BCUT2D eigenvalue weighted by Gasteiger charge is 2.42. The SMILES string of the molecule is Cc1nc(C(F)(F)F)ncc1N1CCC2(CCN(c3nc4[nH]ncc4c(=O)n3C)CC2)C1. The molecular weight excluding hydrogens is 425 g/mol. The lowest BCUT2D eigenvalue weighted by Gasteiger charge is -2.40. The summed E-state index contributed by atoms with van der Waals surface area (Å²) >= 11 is 0. The summed E-state index contributed by atoms with van der Waals surface area (Å²) in [6.07, 6.45) is 0.989. The highest BCUT2D eigenvalue weighted by Crippen LogP contribution is 2.43. The van der Waals surface area contributed by atoms with Gasteiger partial charge in [0.15, 0.2) is 5.65 Å². The molecule has 32 heavy (non-hydrogen) atoms. The van der Waals surface area contributed by atoms with Crippen LogP contribution in [-0.4, -0.2) is 55.9 Å². The molecule has 0 atom stereocenters. The van der Waals surface area contributed by atoms with Crippen molar-refractivity contribution in [1.82, 2.24) is 29.7 Å². The van der Waals surface area contributed by atoms with Gasteiger partial charge in [-0.05, 0) is 31.6 Å². The lowest BCUT2D eigenvalue weighted by molar-refractivity contribution is -0.145. The summed E-state index contributed by atoms with van der Waals surface area (Å²) in [5.41, 5.74) is 1.42. The normalized spacial score (nSPS) is 18.8. The lowest BCUT2D eigenvalue weighted by Crippen LogP contribution is -2.44. The smallest absolute Gasteiger partial charge is 0.368 e. The number of hydrogen-bond donors (Lipinski definition) is 1. The van der Waals surface area contributed by atoms with E-state index in [0.717, 1.165) is 45.4 Å². The summed E-state index contributed by atoms with van der Waals surface area (Å²) in [4.78, 5) is 28.6. The molecule has 1 N–H and O–H groups in total. The topological polar surface area (TPSA) is 95.8 Å². The van der Waals surface area contributed by atoms with E-state index in [2.05, 4.69) is 34.9 Å². The molecule has 0 aromatic carbocycles. The molecule has 0 unspecified atom stereocenters. The Hall–Kier alpha value is -3.18. The van der Waals surface area contributed by atoms with Crippen molar-refractivity contribution in [2.45, 2.75) is 32.4 Å². The fourth-order valence-corrected chi connectivity index (χ4v) is 4.89. The molecule has 3 aromatic rings. The van der Waals surface area contributed by atoms with E-state index in [1.54, 1.807) is 18.5 Å². The maximum atomic E-state index is 12.9. The predicted molar refractivity (Wildman–Crippen MR) is 112 cm³/mol. The summed E-state index contributed by atoms with van der Waals surface area (Å²) in [7, 11) is 1.71. The highest BCUT2D eigenvalue weighted by molar-refractivity contribution is 5.73. The van der Waals surface area contributed by atoms with Crippen molar-refractivity contribution in [1.29, 1.82) is 0 Å². The van der Waals surface area contributed by atoms with Crippen molar-refractivity contribution in [2.75, 3.05) is 36.0 Å². The number of anilines is 2. The van der Waals surface area contributed by atoms with Gasteiger partial charge in [0, 0.05) is 33.2 Å². The van der Waals surface area contributed by atoms with Crippen molar-refractivity contribution < 1.29 is 13.2 Å². The van der Waals surface area contributed by atoms with Crippen LogP contribution in [0.3, 0.4) is 0 Å². The molecule has 9 nitrogen and oxygen atoms in total. The standard InChI is InChI=1S/C20H23F3N8O/c1-12-14(10-24-17(26-12)20(21,22)23)31-8-5-19(11-31)3-6-30(7-4-19)18-27-15-13(9-25-28-15)16(32)29(18)2/h9-10H,3-8,11H2,1-2H3,(H,25,28). The zero-order chi connectivity index (χ0) is 22.7. The first-order chi connectivity index (χ1) is 15.2. The van der Waals surface area contributed by atoms with Crippen LogP contribution in [0.2, 0.25) is 0 Å². The van der Waals surface area contributed by atoms with Crippen molar-refractivity contribution in [2.24, 2.45) is 12.5 Å². The first kappa shape index (κ1) is 20.7. The first-order valence-electron chi connectivity index (χ1n) is 10.5. The Kier molecular flexibility index (Phi) is 4.64. The summed E-state index contributed by atoms with van der Waals surface area (Å²) in [6, 6.07) is 0. The van der Waals surface area contributed by atoms with Gasteiger partial charge in [0.25, 0.3) is 5.56 Å². The minimum absolute atomic E-state index is 0.0720. The average molecular weight is 448 g/mol. The van der Waals surface area contributed by atoms with Gasteiger partial charge in [-0.15, -0.1) is 0 Å². The Morgan fingerprint density at radius 2 is 1.75 bits per heavy atom. The number of aryl methyl sites for hydroxylation is 1. The van der Waals surface area contributed by atoms with Crippen molar-refractivity contribution >= 4 is 22.7 Å². The van der Waals surface area contributed by atoms with Gasteiger partial charge in [-0.2, -0.15) is 23.3 Å². The van der Waals surface area contributed by atoms with Crippen LogP contribution in [0.5, 0.6) is 0 Å². The number of fused-ring (bicyclic) bond motifs is 1. The van der Waals surface area contributed by atoms with E-state index in [4.69, 9.17) is 0 Å². The molecule has 2 saturated heterocycles. The first-order valence-corrected chi connectivity index (χ1v) is 10.5. The largest absolute Gasteiger partial charge is 0.451 e. The Morgan fingerprint density at radius 1 is 1.06 bits per heavy atom. The van der Waals surface area contributed by atoms with Gasteiger partial charge >= 0.3 is 6.18 Å². The monoisotopic (exact) mass is 448 g/mol. The maximum absolute atomic E-state index is 12.9. The summed E-state index contributed by atoms with van der Waals surface area (Å²) < 4.78 is 40.2. The van der Waals surface area contributed by atoms with E-state index in [0.29, 0.717) is 28.4 Å². The number of aromatic nitrogens is 6. The lowest BCUT2D eigenvalue weighted by atomic mass is 9.78. The van der Waals surface area contributed by atoms with Crippen LogP contribution < -0.4 is 15.4 Å². The summed E-state index contributed by atoms with van der Waals surface area (Å²) in [5, 5.41) is 7.14. The zero-order valence-electron chi connectivity index (χ0n) is 17.8. The van der Waals surface area contributed by atoms with Crippen LogP contribution >= 0.6 is 0 Å². The van der Waals surface area contributed by atoms with Gasteiger partial charge in [0.05, 0.1) is 23.8 Å². The van der Waals surface area contributed by atoms with E-state index in [9.17, 15) is 18.0 Å². The number of nitrogens with zero attached hydrogens (tertiary/aromatic N) is 7. The van der Waals surface area contributed by atoms with Gasteiger partial charge < -0.3 is 9.80 Å². The molecule has 1 spiro atoms. The molecule has 2 fully saturated rings. The van der Waals surface area contributed by atoms with E-state index >= 15 is 0 Å². The highest BCUT2D eigenvalue weighted by atomic mass is 19.4. The third-order valence-electron chi connectivity index (χ3n) is 6.76. The van der Waals surface area contributed by atoms with Crippen LogP contribution in [0.1, 0.15) is 30.8 Å². The van der Waals surface area contributed by atoms with Crippen LogP contribution in [-0.2, 0) is 13.2 Å². The minimum atomic E-state index is -4.55. The molecule has 170 valence electrons. The molecule has 0 saturated carbocycles. The van der Waals surface area contributed by atoms with Crippen molar-refractivity contribution in [3.8, 4) is 0 Å². The Labute approximate surface area is 181 Å². The fraction of sp³-hybridized carbons (Fsp3) is 0.550. The number of alkyl halides is 3. The van der Waals surface area contributed by atoms with Crippen molar-refractivity contribution in [3.63, 3.8) is 0 Å². The summed E-state index contributed by atoms with van der Waals surface area (Å²) in [6.45, 7) is 4.60. The predicted octanol–water partition coefficient (Wildman–Crippen LogP) is 2.27. The summed E-state index contributed by atoms with van der Waals surface area (Å²) in [5.74, 6) is -0.489. The van der Waals surface area contributed by atoms with E-state index in [-0.39, 0.29) is 11.0 Å². The molecule has 5 heterocycles. The minimum Gasteiger partial charge on any atom is -0.368 e. The molecule has 0 aliphatic carbocycles. The van der Waals surface area contributed by atoms with Gasteiger partial charge in [0.2, 0.25) is 11.8 Å². The molecule has 12 heteroatoms. The quantitative estimate of drug-likeness (QED) is 0.643. The number of piperidine rings is 1. The van der Waals surface area contributed by atoms with Crippen LogP contribution in [0, 0.1) is 12.3 Å². The Balaban J connectivity index is 1.31. The molecule has 5 rings (SSSR count). The number of H-pyrrole nitrogens is 1.